The smallest absolute Gasteiger partial charge is 0.253 e. The molecule has 32 heavy (non-hydrogen) atoms. The largest absolute Gasteiger partial charge is 0.357 e. The van der Waals surface area contributed by atoms with Gasteiger partial charge in [0.1, 0.15) is 0 Å². The molecule has 0 aromatic heterocycles. The molecule has 0 aliphatic rings. The van der Waals surface area contributed by atoms with Crippen LogP contribution in [0.25, 0.3) is 0 Å². The maximum absolute atomic E-state index is 12.2. The number of carbonyl (C=O) groups is 1. The van der Waals surface area contributed by atoms with E-state index in [2.05, 4.69) is 66.8 Å². The molecule has 0 bridgehead atoms. The number of rotatable bonds is 10. The van der Waals surface area contributed by atoms with E-state index in [0.29, 0.717) is 12.6 Å². The molecule has 0 aliphatic carbocycles. The fourth-order valence-electron chi connectivity index (χ4n) is 3.18. The zero-order valence-corrected chi connectivity index (χ0v) is 22.3. The van der Waals surface area contributed by atoms with Gasteiger partial charge in [-0.3, -0.25) is 14.7 Å². The van der Waals surface area contributed by atoms with Crippen molar-refractivity contribution >= 4 is 35.8 Å². The van der Waals surface area contributed by atoms with Gasteiger partial charge in [0.05, 0.1) is 6.54 Å². The lowest BCUT2D eigenvalue weighted by atomic mass is 10.1. The van der Waals surface area contributed by atoms with Crippen molar-refractivity contribution in [2.75, 3.05) is 40.8 Å². The predicted octanol–water partition coefficient (Wildman–Crippen LogP) is 3.62. The number of halogens is 1. The van der Waals surface area contributed by atoms with Crippen LogP contribution in [0.2, 0.25) is 0 Å². The van der Waals surface area contributed by atoms with Gasteiger partial charge < -0.3 is 15.5 Å². The Hall–Kier alpha value is -2.13. The SMILES string of the molecule is CCNC(=NCC(C)N(C)Cc1ccccc1)NCCc1cccc(C(=O)N(C)C)c1.I. The van der Waals surface area contributed by atoms with E-state index in [4.69, 9.17) is 4.99 Å². The van der Waals surface area contributed by atoms with E-state index in [1.807, 2.05) is 24.3 Å². The molecule has 2 N–H and O–H groups in total. The first-order valence-electron chi connectivity index (χ1n) is 11.0. The average Bonchev–Trinajstić information content (AvgIpc) is 2.77. The lowest BCUT2D eigenvalue weighted by Crippen LogP contribution is -2.40. The lowest BCUT2D eigenvalue weighted by Gasteiger charge is -2.24. The van der Waals surface area contributed by atoms with Crippen LogP contribution in [0.3, 0.4) is 0 Å². The highest BCUT2D eigenvalue weighted by atomic mass is 127. The molecule has 0 radical (unpaired) electrons. The van der Waals surface area contributed by atoms with Crippen LogP contribution in [0.4, 0.5) is 0 Å². The summed E-state index contributed by atoms with van der Waals surface area (Å²) in [6.07, 6.45) is 0.822. The molecule has 0 aliphatic heterocycles. The van der Waals surface area contributed by atoms with E-state index in [-0.39, 0.29) is 29.9 Å². The number of nitrogens with one attached hydrogen (secondary N) is 2. The molecule has 0 saturated carbocycles. The van der Waals surface area contributed by atoms with Crippen molar-refractivity contribution in [1.82, 2.24) is 20.4 Å². The fourth-order valence-corrected chi connectivity index (χ4v) is 3.18. The van der Waals surface area contributed by atoms with E-state index in [1.54, 1.807) is 19.0 Å². The molecular weight excluding hydrogens is 513 g/mol. The monoisotopic (exact) mass is 551 g/mol. The molecule has 1 unspecified atom stereocenters. The third-order valence-electron chi connectivity index (χ3n) is 5.17. The molecule has 2 aromatic rings. The molecule has 0 fully saturated rings. The Morgan fingerprint density at radius 2 is 1.69 bits per heavy atom. The van der Waals surface area contributed by atoms with Crippen LogP contribution >= 0.6 is 24.0 Å². The summed E-state index contributed by atoms with van der Waals surface area (Å²) in [7, 11) is 5.68. The van der Waals surface area contributed by atoms with Crippen LogP contribution in [-0.2, 0) is 13.0 Å². The number of carbonyl (C=O) groups excluding carboxylic acids is 1. The van der Waals surface area contributed by atoms with Gasteiger partial charge in [-0.1, -0.05) is 42.5 Å². The van der Waals surface area contributed by atoms with Crippen LogP contribution in [0.1, 0.15) is 35.3 Å². The summed E-state index contributed by atoms with van der Waals surface area (Å²) in [5.41, 5.74) is 3.16. The molecule has 1 atom stereocenters. The summed E-state index contributed by atoms with van der Waals surface area (Å²) >= 11 is 0. The second kappa shape index (κ2) is 14.8. The minimum atomic E-state index is 0. The highest BCUT2D eigenvalue weighted by molar-refractivity contribution is 14.0. The molecule has 2 rings (SSSR count). The van der Waals surface area contributed by atoms with Crippen molar-refractivity contribution in [3.8, 4) is 0 Å². The van der Waals surface area contributed by atoms with Gasteiger partial charge in [-0.05, 0) is 50.6 Å². The van der Waals surface area contributed by atoms with Crippen LogP contribution < -0.4 is 10.6 Å². The van der Waals surface area contributed by atoms with E-state index in [9.17, 15) is 4.79 Å². The molecular formula is C25H38IN5O. The van der Waals surface area contributed by atoms with Gasteiger partial charge in [-0.15, -0.1) is 24.0 Å². The molecule has 7 heteroatoms. The van der Waals surface area contributed by atoms with Crippen molar-refractivity contribution in [2.45, 2.75) is 32.9 Å². The van der Waals surface area contributed by atoms with Gasteiger partial charge >= 0.3 is 0 Å². The Labute approximate surface area is 210 Å². The van der Waals surface area contributed by atoms with Gasteiger partial charge in [0.15, 0.2) is 5.96 Å². The number of guanidine groups is 1. The quantitative estimate of drug-likeness (QED) is 0.269. The van der Waals surface area contributed by atoms with Crippen molar-refractivity contribution in [3.63, 3.8) is 0 Å². The number of hydrogen-bond donors (Lipinski definition) is 2. The Balaban J connectivity index is 0.00000512. The highest BCUT2D eigenvalue weighted by Gasteiger charge is 2.10. The number of nitrogens with zero attached hydrogens (tertiary/aromatic N) is 3. The minimum absolute atomic E-state index is 0. The third kappa shape index (κ3) is 9.56. The number of hydrogen-bond acceptors (Lipinski definition) is 3. The maximum Gasteiger partial charge on any atom is 0.253 e. The average molecular weight is 552 g/mol. The fraction of sp³-hybridized carbons (Fsp3) is 0.440. The summed E-state index contributed by atoms with van der Waals surface area (Å²) in [4.78, 5) is 20.8. The van der Waals surface area contributed by atoms with Crippen LogP contribution in [-0.4, -0.2) is 68.5 Å². The Kier molecular flexibility index (Phi) is 12.9. The molecule has 0 heterocycles. The summed E-state index contributed by atoms with van der Waals surface area (Å²) in [6, 6.07) is 18.6. The second-order valence-electron chi connectivity index (χ2n) is 8.05. The Bertz CT molecular complexity index is 841. The van der Waals surface area contributed by atoms with Crippen molar-refractivity contribution < 1.29 is 4.79 Å². The molecule has 2 aromatic carbocycles. The van der Waals surface area contributed by atoms with E-state index in [0.717, 1.165) is 43.1 Å². The highest BCUT2D eigenvalue weighted by Crippen LogP contribution is 2.08. The first-order chi connectivity index (χ1) is 14.9. The van der Waals surface area contributed by atoms with Gasteiger partial charge in [0, 0.05) is 45.3 Å². The van der Waals surface area contributed by atoms with Gasteiger partial charge in [-0.2, -0.15) is 0 Å². The molecule has 0 spiro atoms. The second-order valence-corrected chi connectivity index (χ2v) is 8.05. The summed E-state index contributed by atoms with van der Waals surface area (Å²) < 4.78 is 0. The Morgan fingerprint density at radius 3 is 2.34 bits per heavy atom. The van der Waals surface area contributed by atoms with E-state index >= 15 is 0 Å². The molecule has 6 nitrogen and oxygen atoms in total. The van der Waals surface area contributed by atoms with E-state index < -0.39 is 0 Å². The summed E-state index contributed by atoms with van der Waals surface area (Å²) in [5.74, 6) is 0.848. The van der Waals surface area contributed by atoms with Crippen LogP contribution in [0, 0.1) is 0 Å². The minimum Gasteiger partial charge on any atom is -0.357 e. The van der Waals surface area contributed by atoms with Crippen molar-refractivity contribution in [1.29, 1.82) is 0 Å². The number of benzene rings is 2. The maximum atomic E-state index is 12.2. The van der Waals surface area contributed by atoms with Gasteiger partial charge in [-0.25, -0.2) is 0 Å². The van der Waals surface area contributed by atoms with Crippen LogP contribution in [0.15, 0.2) is 59.6 Å². The lowest BCUT2D eigenvalue weighted by molar-refractivity contribution is 0.0827. The van der Waals surface area contributed by atoms with Crippen molar-refractivity contribution in [2.24, 2.45) is 4.99 Å². The zero-order valence-electron chi connectivity index (χ0n) is 20.0. The number of amides is 1. The van der Waals surface area contributed by atoms with Gasteiger partial charge in [0.25, 0.3) is 5.91 Å². The third-order valence-corrected chi connectivity index (χ3v) is 5.17. The summed E-state index contributed by atoms with van der Waals surface area (Å²) in [5, 5.41) is 6.73. The predicted molar refractivity (Wildman–Crippen MR) is 145 cm³/mol. The standard InChI is InChI=1S/C25H37N5O.HI/c1-6-26-25(28-18-20(2)30(5)19-22-11-8-7-9-12-22)27-16-15-21-13-10-14-23(17-21)24(31)29(3)4;/h7-14,17,20H,6,15-16,18-19H2,1-5H3,(H2,26,27,28);1H. The first-order valence-corrected chi connectivity index (χ1v) is 11.0. The molecule has 1 amide bonds. The molecule has 176 valence electrons. The number of aliphatic imine (C=N–C) groups is 1. The first kappa shape index (κ1) is 27.9. The molecule has 0 saturated heterocycles. The zero-order chi connectivity index (χ0) is 22.6. The van der Waals surface area contributed by atoms with Crippen molar-refractivity contribution in [3.05, 3.63) is 71.3 Å². The summed E-state index contributed by atoms with van der Waals surface area (Å²) in [6.45, 7) is 7.45. The van der Waals surface area contributed by atoms with Gasteiger partial charge in [0.2, 0.25) is 0 Å². The number of likely N-dealkylation sites (N-methyl/N-ethyl adjacent to an activating group) is 1. The normalized spacial score (nSPS) is 12.1. The topological polar surface area (TPSA) is 60.0 Å². The van der Waals surface area contributed by atoms with E-state index in [1.165, 1.54) is 5.56 Å². The Morgan fingerprint density at radius 1 is 1.00 bits per heavy atom. The van der Waals surface area contributed by atoms with Crippen LogP contribution in [0.5, 0.6) is 0 Å².